The van der Waals surface area contributed by atoms with Crippen LogP contribution in [0.2, 0.25) is 0 Å². The van der Waals surface area contributed by atoms with Gasteiger partial charge in [0.1, 0.15) is 18.1 Å². The number of nitrogens with zero attached hydrogens (tertiary/aromatic N) is 1. The molecule has 1 aromatic carbocycles. The number of carbonyl (C=O) groups is 1. The van der Waals surface area contributed by atoms with Crippen molar-refractivity contribution in [3.8, 4) is 11.5 Å². The van der Waals surface area contributed by atoms with Gasteiger partial charge in [-0.25, -0.2) is 0 Å². The van der Waals surface area contributed by atoms with Crippen LogP contribution in [0.3, 0.4) is 0 Å². The van der Waals surface area contributed by atoms with Crippen LogP contribution in [0.15, 0.2) is 66.8 Å². The Bertz CT molecular complexity index is 1040. The maximum Gasteiger partial charge on any atom is 0.306 e. The number of esters is 1. The highest BCUT2D eigenvalue weighted by Gasteiger charge is 2.08. The first-order valence-corrected chi connectivity index (χ1v) is 22.3. The molecule has 54 heavy (non-hydrogen) atoms. The summed E-state index contributed by atoms with van der Waals surface area (Å²) in [5, 5.41) is 0. The van der Waals surface area contributed by atoms with E-state index in [1.165, 1.54) is 128 Å². The molecule has 0 radical (unpaired) electrons. The van der Waals surface area contributed by atoms with Crippen molar-refractivity contribution in [1.29, 1.82) is 0 Å². The molecular weight excluding hydrogens is 667 g/mol. The largest absolute Gasteiger partial charge is 0.493 e. The zero-order valence-corrected chi connectivity index (χ0v) is 35.6. The summed E-state index contributed by atoms with van der Waals surface area (Å²) in [7, 11) is 4.04. The summed E-state index contributed by atoms with van der Waals surface area (Å²) in [5.74, 6) is 1.44. The van der Waals surface area contributed by atoms with Crippen LogP contribution in [0.5, 0.6) is 11.5 Å². The molecule has 0 saturated carbocycles. The normalized spacial score (nSPS) is 12.0. The lowest BCUT2D eigenvalue weighted by Gasteiger charge is -2.13. The predicted octanol–water partition coefficient (Wildman–Crippen LogP) is 14.5. The van der Waals surface area contributed by atoms with Crippen molar-refractivity contribution < 1.29 is 19.0 Å². The van der Waals surface area contributed by atoms with Crippen LogP contribution in [-0.2, 0) is 16.1 Å². The van der Waals surface area contributed by atoms with E-state index in [2.05, 4.69) is 67.4 Å². The van der Waals surface area contributed by atoms with Gasteiger partial charge < -0.3 is 19.1 Å². The maximum absolute atomic E-state index is 12.3. The minimum Gasteiger partial charge on any atom is -0.493 e. The number of benzene rings is 1. The quantitative estimate of drug-likeness (QED) is 0.0383. The number of hydrogen-bond acceptors (Lipinski definition) is 5. The third-order valence-corrected chi connectivity index (χ3v) is 9.55. The summed E-state index contributed by atoms with van der Waals surface area (Å²) >= 11 is 0. The first kappa shape index (κ1) is 49.2. The number of unbranched alkanes of at least 4 members (excludes halogenated alkanes) is 18. The lowest BCUT2D eigenvalue weighted by atomic mass is 10.1. The highest BCUT2D eigenvalue weighted by molar-refractivity contribution is 5.69. The van der Waals surface area contributed by atoms with Gasteiger partial charge in [0, 0.05) is 12.5 Å². The maximum atomic E-state index is 12.3. The van der Waals surface area contributed by atoms with Crippen molar-refractivity contribution in [2.24, 2.45) is 0 Å². The molecule has 0 atom stereocenters. The topological polar surface area (TPSA) is 48.0 Å². The van der Waals surface area contributed by atoms with Crippen molar-refractivity contribution in [1.82, 2.24) is 4.90 Å². The molecule has 5 heteroatoms. The van der Waals surface area contributed by atoms with Gasteiger partial charge in [-0.15, -0.1) is 0 Å². The smallest absolute Gasteiger partial charge is 0.306 e. The fourth-order valence-corrected chi connectivity index (χ4v) is 6.22. The molecule has 308 valence electrons. The van der Waals surface area contributed by atoms with Crippen molar-refractivity contribution in [2.45, 2.75) is 187 Å². The zero-order chi connectivity index (χ0) is 39.0. The number of rotatable bonds is 38. The number of carbonyl (C=O) groups excluding carboxylic acids is 1. The number of ether oxygens (including phenoxy) is 3. The van der Waals surface area contributed by atoms with Crippen LogP contribution < -0.4 is 9.47 Å². The van der Waals surface area contributed by atoms with E-state index in [1.807, 2.05) is 32.3 Å². The molecule has 0 spiro atoms. The van der Waals surface area contributed by atoms with Gasteiger partial charge in [-0.2, -0.15) is 0 Å². The molecule has 0 aromatic heterocycles. The van der Waals surface area contributed by atoms with E-state index in [1.54, 1.807) is 0 Å². The fourth-order valence-electron chi connectivity index (χ4n) is 6.22. The van der Waals surface area contributed by atoms with Gasteiger partial charge in [0.15, 0.2) is 0 Å². The Morgan fingerprint density at radius 2 is 0.926 bits per heavy atom. The Labute approximate surface area is 334 Å². The Morgan fingerprint density at radius 3 is 1.35 bits per heavy atom. The molecule has 0 amide bonds. The first-order valence-electron chi connectivity index (χ1n) is 22.3. The Balaban J connectivity index is 2.32. The van der Waals surface area contributed by atoms with Gasteiger partial charge in [0.05, 0.1) is 13.2 Å². The monoisotopic (exact) mass is 750 g/mol. The second kappa shape index (κ2) is 38.5. The molecule has 0 aliphatic carbocycles. The average molecular weight is 750 g/mol. The number of hydrogen-bond donors (Lipinski definition) is 0. The lowest BCUT2D eigenvalue weighted by molar-refractivity contribution is -0.145. The predicted molar refractivity (Wildman–Crippen MR) is 234 cm³/mol. The molecular formula is C49H83NO4. The van der Waals surface area contributed by atoms with Crippen molar-refractivity contribution in [2.75, 3.05) is 33.9 Å². The van der Waals surface area contributed by atoms with Crippen molar-refractivity contribution in [3.63, 3.8) is 0 Å². The Hall–Kier alpha value is -2.79. The van der Waals surface area contributed by atoms with E-state index in [4.69, 9.17) is 14.2 Å². The van der Waals surface area contributed by atoms with E-state index in [9.17, 15) is 4.79 Å². The van der Waals surface area contributed by atoms with Crippen LogP contribution in [0.4, 0.5) is 0 Å². The van der Waals surface area contributed by atoms with Gasteiger partial charge >= 0.3 is 5.97 Å². The van der Waals surface area contributed by atoms with E-state index in [0.29, 0.717) is 19.6 Å². The Kier molecular flexibility index (Phi) is 35.1. The van der Waals surface area contributed by atoms with E-state index in [-0.39, 0.29) is 12.6 Å². The van der Waals surface area contributed by atoms with Crippen LogP contribution in [-0.4, -0.2) is 44.7 Å². The van der Waals surface area contributed by atoms with Crippen LogP contribution >= 0.6 is 0 Å². The van der Waals surface area contributed by atoms with Gasteiger partial charge in [0.25, 0.3) is 0 Å². The van der Waals surface area contributed by atoms with E-state index in [0.717, 1.165) is 55.7 Å². The highest BCUT2D eigenvalue weighted by atomic mass is 16.5. The van der Waals surface area contributed by atoms with Gasteiger partial charge in [0.2, 0.25) is 0 Å². The van der Waals surface area contributed by atoms with Crippen LogP contribution in [0.25, 0.3) is 0 Å². The van der Waals surface area contributed by atoms with Crippen molar-refractivity contribution >= 4 is 5.97 Å². The fraction of sp³-hybridized carbons (Fsp3) is 0.694. The average Bonchev–Trinajstić information content (AvgIpc) is 3.16. The molecule has 5 nitrogen and oxygen atoms in total. The summed E-state index contributed by atoms with van der Waals surface area (Å²) in [5.41, 5.74) is 0.914. The van der Waals surface area contributed by atoms with Gasteiger partial charge in [-0.1, -0.05) is 140 Å². The summed E-state index contributed by atoms with van der Waals surface area (Å²) in [6, 6.07) is 5.99. The van der Waals surface area contributed by atoms with Crippen LogP contribution in [0, 0.1) is 0 Å². The molecule has 0 bridgehead atoms. The summed E-state index contributed by atoms with van der Waals surface area (Å²) in [6.45, 7) is 7.00. The minimum absolute atomic E-state index is 0.159. The summed E-state index contributed by atoms with van der Waals surface area (Å²) < 4.78 is 18.0. The molecule has 0 heterocycles. The third-order valence-electron chi connectivity index (χ3n) is 9.55. The number of allylic oxidation sites excluding steroid dienone is 8. The molecule has 1 rings (SSSR count). The molecule has 0 unspecified atom stereocenters. The van der Waals surface area contributed by atoms with Gasteiger partial charge in [-0.3, -0.25) is 4.79 Å². The van der Waals surface area contributed by atoms with Crippen molar-refractivity contribution in [3.05, 3.63) is 72.4 Å². The van der Waals surface area contributed by atoms with Crippen LogP contribution in [0.1, 0.15) is 186 Å². The zero-order valence-electron chi connectivity index (χ0n) is 35.6. The van der Waals surface area contributed by atoms with E-state index >= 15 is 0 Å². The molecule has 0 aliphatic heterocycles. The third kappa shape index (κ3) is 33.8. The molecule has 0 fully saturated rings. The van der Waals surface area contributed by atoms with E-state index < -0.39 is 0 Å². The molecule has 0 saturated heterocycles. The molecule has 0 aliphatic rings. The standard InChI is InChI=1S/C49H83NO4/c1-5-7-9-11-13-15-17-19-21-23-25-27-29-31-33-35-40-52-47-42-46(45-54-49(51)38-37-39-50(3)4)43-48(44-47)53-41-36-34-32-30-28-26-24-22-20-18-16-14-12-10-8-6-2/h13-16,19-22,42-44H,5-12,17-18,23-41,45H2,1-4H3/b15-13-,16-14-,21-19-,22-20-. The highest BCUT2D eigenvalue weighted by Crippen LogP contribution is 2.25. The van der Waals surface area contributed by atoms with Gasteiger partial charge in [-0.05, 0) is 122 Å². The molecule has 1 aromatic rings. The second-order valence-corrected chi connectivity index (χ2v) is 15.2. The summed E-state index contributed by atoms with van der Waals surface area (Å²) in [6.07, 6.45) is 49.4. The first-order chi connectivity index (χ1) is 26.5. The minimum atomic E-state index is -0.159. The summed E-state index contributed by atoms with van der Waals surface area (Å²) in [4.78, 5) is 14.4. The Morgan fingerprint density at radius 1 is 0.519 bits per heavy atom. The second-order valence-electron chi connectivity index (χ2n) is 15.2. The molecule has 0 N–H and O–H groups in total. The lowest BCUT2D eigenvalue weighted by Crippen LogP contribution is -2.15. The SMILES string of the molecule is CCCCC/C=C\C/C=C\CCCCCCCCOc1cc(COC(=O)CCCN(C)C)cc(OCCCCCCCC/C=C\C/C=C\CCCCC)c1.